The molecule has 4 atom stereocenters. The normalized spacial score (nSPS) is 23.3. The fourth-order valence-electron chi connectivity index (χ4n) is 3.86. The minimum atomic E-state index is -1.73. The molecule has 0 amide bonds. The molecular weight excluding hydrogens is 512 g/mol. The molecule has 2 aromatic rings. The van der Waals surface area contributed by atoms with Crippen LogP contribution in [0.25, 0.3) is 0 Å². The summed E-state index contributed by atoms with van der Waals surface area (Å²) in [7, 11) is -3.12. The smallest absolute Gasteiger partial charge is 0.192 e. The topological polar surface area (TPSA) is 81.5 Å². The second-order valence-corrected chi connectivity index (χ2v) is 25.6. The average molecular weight is 563 g/mol. The molecule has 4 rings (SSSR count). The molecule has 2 aliphatic rings. The number of hydrogen-bond donors (Lipinski definition) is 3. The molecule has 0 fully saturated rings. The van der Waals surface area contributed by atoms with Crippen molar-refractivity contribution in [2.45, 2.75) is 115 Å². The van der Waals surface area contributed by atoms with Crippen LogP contribution in [0.2, 0.25) is 36.3 Å². The summed E-state index contributed by atoms with van der Waals surface area (Å²) in [5.74, 6) is 0. The van der Waals surface area contributed by atoms with E-state index in [1.165, 1.54) is 16.7 Å². The Hall–Kier alpha value is -0.996. The minimum Gasteiger partial charge on any atom is -0.412 e. The zero-order valence-corrected chi connectivity index (χ0v) is 27.5. The van der Waals surface area contributed by atoms with Gasteiger partial charge < -0.3 is 21.0 Å². The number of hydrogen-bond acceptors (Lipinski definition) is 4. The second-order valence-electron chi connectivity index (χ2n) is 13.6. The number of halogens is 1. The molecule has 37 heavy (non-hydrogen) atoms. The highest BCUT2D eigenvalue weighted by Gasteiger charge is 2.42. The zero-order chi connectivity index (χ0) is 28.4. The molecular formula is C30H51ClN2O2Si2. The van der Waals surface area contributed by atoms with Crippen LogP contribution in [-0.4, -0.2) is 33.0 Å². The molecule has 7 heteroatoms. The van der Waals surface area contributed by atoms with E-state index in [9.17, 15) is 5.11 Å². The van der Waals surface area contributed by atoms with Gasteiger partial charge in [-0.1, -0.05) is 103 Å². The van der Waals surface area contributed by atoms with Crippen LogP contribution in [0.5, 0.6) is 0 Å². The first kappa shape index (κ1) is 32.2. The number of aliphatic hydroxyl groups is 1. The van der Waals surface area contributed by atoms with Crippen LogP contribution in [-0.2, 0) is 17.3 Å². The lowest BCUT2D eigenvalue weighted by Gasteiger charge is -2.39. The Bertz CT molecular complexity index is 1010. The number of rotatable bonds is 2. The first-order chi connectivity index (χ1) is 16.8. The summed E-state index contributed by atoms with van der Waals surface area (Å²) in [6.07, 6.45) is 1.44. The number of aliphatic hydroxyl groups excluding tert-OH is 1. The van der Waals surface area contributed by atoms with Gasteiger partial charge in [0.05, 0.1) is 24.3 Å². The average Bonchev–Trinajstić information content (AvgIpc) is 3.23. The van der Waals surface area contributed by atoms with E-state index < -0.39 is 15.7 Å². The molecule has 4 nitrogen and oxygen atoms in total. The molecule has 0 bridgehead atoms. The maximum Gasteiger partial charge on any atom is 0.192 e. The molecule has 0 saturated heterocycles. The maximum atomic E-state index is 9.39. The van der Waals surface area contributed by atoms with E-state index >= 15 is 0 Å². The van der Waals surface area contributed by atoms with E-state index in [0.29, 0.717) is 11.5 Å². The van der Waals surface area contributed by atoms with Crippen LogP contribution < -0.4 is 11.5 Å². The van der Waals surface area contributed by atoms with Crippen LogP contribution in [0.15, 0.2) is 48.5 Å². The summed E-state index contributed by atoms with van der Waals surface area (Å²) in [5, 5.41) is 9.97. The van der Waals surface area contributed by atoms with Crippen LogP contribution >= 0.6 is 11.1 Å². The summed E-state index contributed by atoms with van der Waals surface area (Å²) in [5.41, 5.74) is 17.0. The Morgan fingerprint density at radius 1 is 0.757 bits per heavy atom. The van der Waals surface area contributed by atoms with E-state index in [1.54, 1.807) is 0 Å². The van der Waals surface area contributed by atoms with Gasteiger partial charge in [-0.15, -0.1) is 0 Å². The molecule has 208 valence electrons. The van der Waals surface area contributed by atoms with E-state index in [1.807, 2.05) is 24.3 Å². The van der Waals surface area contributed by atoms with Crippen LogP contribution in [0.1, 0.15) is 75.9 Å². The maximum absolute atomic E-state index is 9.39. The van der Waals surface area contributed by atoms with E-state index in [4.69, 9.17) is 27.0 Å². The van der Waals surface area contributed by atoms with Gasteiger partial charge in [0.1, 0.15) is 0 Å². The highest BCUT2D eigenvalue weighted by atomic mass is 35.6. The third-order valence-electron chi connectivity index (χ3n) is 8.53. The number of nitrogens with two attached hydrogens (primary N) is 2. The summed E-state index contributed by atoms with van der Waals surface area (Å²) in [6.45, 7) is 22.4. The predicted octanol–water partition coefficient (Wildman–Crippen LogP) is 7.47. The molecule has 2 aliphatic carbocycles. The Morgan fingerprint density at radius 2 is 1.16 bits per heavy atom. The van der Waals surface area contributed by atoms with Gasteiger partial charge in [0.2, 0.25) is 0 Å². The summed E-state index contributed by atoms with van der Waals surface area (Å²) >= 11 is 6.15. The molecule has 5 N–H and O–H groups in total. The highest BCUT2D eigenvalue weighted by Crippen LogP contribution is 2.41. The lowest BCUT2D eigenvalue weighted by molar-refractivity contribution is 0.158. The number of fused-ring (bicyclic) bond motifs is 2. The predicted molar refractivity (Wildman–Crippen MR) is 165 cm³/mol. The van der Waals surface area contributed by atoms with Crippen molar-refractivity contribution in [3.8, 4) is 0 Å². The standard InChI is InChI=1S/C15H25NOSi.C9H11NO.C6H15ClSi/c1-15(2,3)18(4,5)17-13-10-11-8-6-7-9-12(11)14(13)16;10-9-7-4-2-1-3-6(7)5-8(9)11;1-6(2,3)8(4,5)7/h6-9,13-14H,10,16H2,1-5H3;1-4,8-9,11H,5,10H2;1-5H3/t13-,14-;8-,9-;/m11./s1. The summed E-state index contributed by atoms with van der Waals surface area (Å²) in [4.78, 5) is 0. The van der Waals surface area contributed by atoms with Gasteiger partial charge in [-0.3, -0.25) is 0 Å². The number of benzene rings is 2. The van der Waals surface area contributed by atoms with Crippen LogP contribution in [0, 0.1) is 0 Å². The first-order valence-corrected chi connectivity index (χ1v) is 20.4. The summed E-state index contributed by atoms with van der Waals surface area (Å²) in [6, 6.07) is 16.2. The highest BCUT2D eigenvalue weighted by molar-refractivity contribution is 7.20. The third kappa shape index (κ3) is 8.24. The quantitative estimate of drug-likeness (QED) is 0.262. The van der Waals surface area contributed by atoms with Crippen LogP contribution in [0.4, 0.5) is 0 Å². The van der Waals surface area contributed by atoms with Crippen molar-refractivity contribution in [3.05, 3.63) is 70.8 Å². The minimum absolute atomic E-state index is 0.0373. The molecule has 2 aromatic carbocycles. The lowest BCUT2D eigenvalue weighted by Crippen LogP contribution is -2.45. The fraction of sp³-hybridized carbons (Fsp3) is 0.600. The first-order valence-electron chi connectivity index (χ1n) is 13.5. The second kappa shape index (κ2) is 12.0. The molecule has 0 spiro atoms. The molecule has 0 unspecified atom stereocenters. The molecule has 0 aliphatic heterocycles. The SMILES string of the molecule is CC(C)(C)[Si](C)(C)Cl.CC(C)(C)[Si](C)(C)O[C@@H]1Cc2ccccc2[C@H]1N.N[C@@H]1c2ccccc2C[C@H]1O. The van der Waals surface area contributed by atoms with Gasteiger partial charge in [-0.25, -0.2) is 0 Å². The van der Waals surface area contributed by atoms with Crippen molar-refractivity contribution in [3.63, 3.8) is 0 Å². The van der Waals surface area contributed by atoms with E-state index in [-0.39, 0.29) is 29.3 Å². The van der Waals surface area contributed by atoms with Crippen molar-refractivity contribution in [2.75, 3.05) is 0 Å². The van der Waals surface area contributed by atoms with Gasteiger partial charge in [-0.05, 0) is 51.8 Å². The molecule has 0 saturated carbocycles. The zero-order valence-electron chi connectivity index (χ0n) is 24.7. The van der Waals surface area contributed by atoms with E-state index in [2.05, 4.69) is 92.0 Å². The van der Waals surface area contributed by atoms with Gasteiger partial charge in [0, 0.05) is 6.42 Å². The van der Waals surface area contributed by atoms with Gasteiger partial charge in [-0.2, -0.15) is 11.1 Å². The largest absolute Gasteiger partial charge is 0.412 e. The van der Waals surface area contributed by atoms with E-state index in [0.717, 1.165) is 12.0 Å². The Kier molecular flexibility index (Phi) is 10.5. The van der Waals surface area contributed by atoms with Crippen molar-refractivity contribution >= 4 is 26.8 Å². The summed E-state index contributed by atoms with van der Waals surface area (Å²) < 4.78 is 6.47. The van der Waals surface area contributed by atoms with Crippen molar-refractivity contribution in [1.82, 2.24) is 0 Å². The Labute approximate surface area is 233 Å². The lowest BCUT2D eigenvalue weighted by atomic mass is 10.1. The third-order valence-corrected chi connectivity index (χ3v) is 18.3. The molecule has 0 radical (unpaired) electrons. The Morgan fingerprint density at radius 3 is 1.54 bits per heavy atom. The monoisotopic (exact) mass is 562 g/mol. The van der Waals surface area contributed by atoms with Gasteiger partial charge >= 0.3 is 0 Å². The van der Waals surface area contributed by atoms with Gasteiger partial charge in [0.15, 0.2) is 15.7 Å². The van der Waals surface area contributed by atoms with Gasteiger partial charge in [0.25, 0.3) is 0 Å². The molecule has 0 heterocycles. The van der Waals surface area contributed by atoms with Crippen molar-refractivity contribution in [2.24, 2.45) is 11.5 Å². The van der Waals surface area contributed by atoms with Crippen molar-refractivity contribution in [1.29, 1.82) is 0 Å². The van der Waals surface area contributed by atoms with Crippen molar-refractivity contribution < 1.29 is 9.53 Å². The van der Waals surface area contributed by atoms with Crippen LogP contribution in [0.3, 0.4) is 0 Å². The fourth-order valence-corrected chi connectivity index (χ4v) is 5.20. The Balaban J connectivity index is 0.000000216. The molecule has 0 aromatic heterocycles.